The van der Waals surface area contributed by atoms with E-state index in [1.807, 2.05) is 0 Å². The Bertz CT molecular complexity index is 1000. The second kappa shape index (κ2) is 9.06. The number of carbonyl (C=O) groups is 1. The van der Waals surface area contributed by atoms with Crippen LogP contribution in [-0.4, -0.2) is 29.4 Å². The van der Waals surface area contributed by atoms with E-state index >= 15 is 0 Å². The zero-order chi connectivity index (χ0) is 24.7. The van der Waals surface area contributed by atoms with E-state index in [4.69, 9.17) is 0 Å². The van der Waals surface area contributed by atoms with E-state index in [2.05, 4.69) is 0 Å². The molecule has 3 rings (SSSR count). The fourth-order valence-electron chi connectivity index (χ4n) is 4.14. The number of carbonyl (C=O) groups excluding carboxylic acids is 1. The van der Waals surface area contributed by atoms with Crippen LogP contribution in [0, 0.1) is 12.7 Å². The molecule has 0 N–H and O–H groups in total. The van der Waals surface area contributed by atoms with E-state index in [1.165, 1.54) is 19.1 Å². The van der Waals surface area contributed by atoms with E-state index in [1.54, 1.807) is 30.1 Å². The van der Waals surface area contributed by atoms with Crippen molar-refractivity contribution in [2.45, 2.75) is 51.1 Å². The van der Waals surface area contributed by atoms with Gasteiger partial charge >= 0.3 is 12.4 Å². The van der Waals surface area contributed by atoms with Gasteiger partial charge in [-0.2, -0.15) is 26.3 Å². The molecular formula is C23H23F7N2O. The monoisotopic (exact) mass is 476 g/mol. The molecule has 1 aliphatic heterocycles. The third-order valence-corrected chi connectivity index (χ3v) is 6.05. The highest BCUT2D eigenvalue weighted by Gasteiger charge is 2.39. The standard InChI is InChI=1S/C23H23F7N2O/c1-13-8-18(24)4-5-20(13)21-12-19(33)6-7-32(21)31(3)14(2)15-9-16(22(25,26)27)11-17(10-15)23(28,29)30/h4-5,8-11,14,21H,6-7,12H2,1-3H3. The van der Waals surface area contributed by atoms with Crippen LogP contribution in [0.4, 0.5) is 30.7 Å². The predicted molar refractivity (Wildman–Crippen MR) is 107 cm³/mol. The number of nitrogens with zero attached hydrogens (tertiary/aromatic N) is 2. The number of halogens is 7. The Morgan fingerprint density at radius 1 is 1.00 bits per heavy atom. The van der Waals surface area contributed by atoms with E-state index in [0.717, 1.165) is 0 Å². The molecule has 0 amide bonds. The molecule has 180 valence electrons. The Morgan fingerprint density at radius 3 is 2.09 bits per heavy atom. The lowest BCUT2D eigenvalue weighted by atomic mass is 9.92. The lowest BCUT2D eigenvalue weighted by Crippen LogP contribution is -2.48. The molecular weight excluding hydrogens is 453 g/mol. The maximum absolute atomic E-state index is 13.6. The van der Waals surface area contributed by atoms with Crippen LogP contribution in [0.15, 0.2) is 36.4 Å². The molecule has 1 heterocycles. The van der Waals surface area contributed by atoms with Crippen molar-refractivity contribution in [3.63, 3.8) is 0 Å². The quantitative estimate of drug-likeness (QED) is 0.472. The van der Waals surface area contributed by atoms with E-state index in [-0.39, 0.29) is 36.8 Å². The van der Waals surface area contributed by atoms with Gasteiger partial charge in [-0.3, -0.25) is 4.79 Å². The van der Waals surface area contributed by atoms with Crippen molar-refractivity contribution in [1.29, 1.82) is 0 Å². The summed E-state index contributed by atoms with van der Waals surface area (Å²) in [6, 6.07) is 4.25. The molecule has 2 atom stereocenters. The van der Waals surface area contributed by atoms with Gasteiger partial charge in [0.15, 0.2) is 0 Å². The van der Waals surface area contributed by atoms with E-state index in [9.17, 15) is 35.5 Å². The first-order valence-corrected chi connectivity index (χ1v) is 10.2. The molecule has 2 unspecified atom stereocenters. The zero-order valence-corrected chi connectivity index (χ0v) is 18.2. The third-order valence-electron chi connectivity index (χ3n) is 6.05. The molecule has 33 heavy (non-hydrogen) atoms. The lowest BCUT2D eigenvalue weighted by molar-refractivity contribution is -0.144. The minimum atomic E-state index is -4.94. The van der Waals surface area contributed by atoms with Crippen molar-refractivity contribution in [1.82, 2.24) is 10.0 Å². The summed E-state index contributed by atoms with van der Waals surface area (Å²) in [5.41, 5.74) is -1.66. The highest BCUT2D eigenvalue weighted by Crippen LogP contribution is 2.40. The first-order chi connectivity index (χ1) is 15.2. The van der Waals surface area contributed by atoms with Gasteiger partial charge in [0.2, 0.25) is 0 Å². The predicted octanol–water partition coefficient (Wildman–Crippen LogP) is 6.49. The minimum Gasteiger partial charge on any atom is -0.300 e. The largest absolute Gasteiger partial charge is 0.416 e. The molecule has 1 aliphatic rings. The van der Waals surface area contributed by atoms with Crippen LogP contribution in [0.25, 0.3) is 0 Å². The van der Waals surface area contributed by atoms with Crippen molar-refractivity contribution in [3.8, 4) is 0 Å². The molecule has 3 nitrogen and oxygen atoms in total. The Hall–Kier alpha value is -2.46. The topological polar surface area (TPSA) is 23.6 Å². The van der Waals surface area contributed by atoms with Gasteiger partial charge in [-0.25, -0.2) is 14.4 Å². The maximum Gasteiger partial charge on any atom is 0.416 e. The lowest BCUT2D eigenvalue weighted by Gasteiger charge is -2.44. The molecule has 0 aromatic heterocycles. The van der Waals surface area contributed by atoms with Crippen LogP contribution in [0.1, 0.15) is 59.7 Å². The van der Waals surface area contributed by atoms with Gasteiger partial charge in [0.1, 0.15) is 11.6 Å². The summed E-state index contributed by atoms with van der Waals surface area (Å²) in [7, 11) is 1.56. The third kappa shape index (κ3) is 5.55. The maximum atomic E-state index is 13.6. The van der Waals surface area contributed by atoms with Gasteiger partial charge in [0, 0.05) is 32.5 Å². The van der Waals surface area contributed by atoms with Gasteiger partial charge in [-0.1, -0.05) is 6.07 Å². The van der Waals surface area contributed by atoms with Crippen LogP contribution in [0.3, 0.4) is 0 Å². The average Bonchev–Trinajstić information content (AvgIpc) is 2.71. The highest BCUT2D eigenvalue weighted by molar-refractivity contribution is 5.80. The molecule has 0 radical (unpaired) electrons. The molecule has 0 aliphatic carbocycles. The van der Waals surface area contributed by atoms with E-state index in [0.29, 0.717) is 23.3 Å². The summed E-state index contributed by atoms with van der Waals surface area (Å²) in [6.45, 7) is 3.41. The van der Waals surface area contributed by atoms with Gasteiger partial charge in [-0.15, -0.1) is 0 Å². The SMILES string of the molecule is Cc1cc(F)ccc1C1CC(=O)CCN1N(C)C(C)c1cc(C(F)(F)F)cc(C(F)(F)F)c1. The summed E-state index contributed by atoms with van der Waals surface area (Å²) in [4.78, 5) is 12.2. The number of hydrazine groups is 1. The second-order valence-corrected chi connectivity index (χ2v) is 8.26. The van der Waals surface area contributed by atoms with Crippen molar-refractivity contribution in [3.05, 3.63) is 70.0 Å². The van der Waals surface area contributed by atoms with Crippen LogP contribution >= 0.6 is 0 Å². The number of Topliss-reactive ketones (excluding diaryl/α,β-unsaturated/α-hetero) is 1. The Balaban J connectivity index is 2.00. The second-order valence-electron chi connectivity index (χ2n) is 8.26. The summed E-state index contributed by atoms with van der Waals surface area (Å²) < 4.78 is 93.4. The molecule has 0 spiro atoms. The molecule has 2 aromatic carbocycles. The van der Waals surface area contributed by atoms with Crippen LogP contribution < -0.4 is 0 Å². The number of aryl methyl sites for hydroxylation is 1. The molecule has 0 bridgehead atoms. The Labute approximate surface area is 186 Å². The number of ketones is 1. The number of benzene rings is 2. The molecule has 1 saturated heterocycles. The van der Waals surface area contributed by atoms with Crippen molar-refractivity contribution < 1.29 is 35.5 Å². The fraction of sp³-hybridized carbons (Fsp3) is 0.435. The van der Waals surface area contributed by atoms with Gasteiger partial charge in [0.05, 0.1) is 17.2 Å². The minimum absolute atomic E-state index is 0.0283. The first-order valence-electron chi connectivity index (χ1n) is 10.2. The normalized spacial score (nSPS) is 19.2. The molecule has 10 heteroatoms. The molecule has 0 saturated carbocycles. The average molecular weight is 476 g/mol. The number of hydrogen-bond acceptors (Lipinski definition) is 3. The smallest absolute Gasteiger partial charge is 0.300 e. The van der Waals surface area contributed by atoms with Gasteiger partial charge in [0.25, 0.3) is 0 Å². The Kier molecular flexibility index (Phi) is 6.91. The summed E-state index contributed by atoms with van der Waals surface area (Å²) in [5, 5.41) is 3.30. The number of hydrogen-bond donors (Lipinski definition) is 0. The van der Waals surface area contributed by atoms with Crippen LogP contribution in [0.5, 0.6) is 0 Å². The summed E-state index contributed by atoms with van der Waals surface area (Å²) in [5.74, 6) is -0.477. The van der Waals surface area contributed by atoms with Crippen molar-refractivity contribution in [2.75, 3.05) is 13.6 Å². The van der Waals surface area contributed by atoms with Crippen LogP contribution in [-0.2, 0) is 17.1 Å². The number of alkyl halides is 6. The summed E-state index contributed by atoms with van der Waals surface area (Å²) in [6.07, 6.45) is -9.61. The summed E-state index contributed by atoms with van der Waals surface area (Å²) >= 11 is 0. The van der Waals surface area contributed by atoms with Crippen LogP contribution in [0.2, 0.25) is 0 Å². The zero-order valence-electron chi connectivity index (χ0n) is 18.2. The first kappa shape index (κ1) is 25.2. The van der Waals surface area contributed by atoms with E-state index < -0.39 is 41.4 Å². The molecule has 1 fully saturated rings. The number of rotatable bonds is 4. The molecule has 2 aromatic rings. The fourth-order valence-corrected chi connectivity index (χ4v) is 4.14. The highest BCUT2D eigenvalue weighted by atomic mass is 19.4. The Morgan fingerprint density at radius 2 is 1.58 bits per heavy atom. The van der Waals surface area contributed by atoms with Gasteiger partial charge < -0.3 is 0 Å². The van der Waals surface area contributed by atoms with Crippen molar-refractivity contribution >= 4 is 5.78 Å². The van der Waals surface area contributed by atoms with Crippen molar-refractivity contribution in [2.24, 2.45) is 0 Å². The number of piperidine rings is 1. The van der Waals surface area contributed by atoms with Gasteiger partial charge in [-0.05, 0) is 60.9 Å².